The van der Waals surface area contributed by atoms with E-state index in [1.807, 2.05) is 18.2 Å². The summed E-state index contributed by atoms with van der Waals surface area (Å²) in [4.78, 5) is 18.1. The Labute approximate surface area is 182 Å². The van der Waals surface area contributed by atoms with Crippen molar-refractivity contribution in [2.24, 2.45) is 0 Å². The van der Waals surface area contributed by atoms with Gasteiger partial charge in [-0.25, -0.2) is 0 Å². The van der Waals surface area contributed by atoms with Gasteiger partial charge in [-0.15, -0.1) is 11.3 Å². The zero-order valence-corrected chi connectivity index (χ0v) is 18.8. The Morgan fingerprint density at radius 1 is 1.13 bits per heavy atom. The standard InChI is InChI=1S/C24H29N3O2S/c1-18-15-21(19(2)27(18)16-20-7-6-14-30-20)23(28)17-25-10-12-26(13-11-25)22-8-4-5-9-24(22)29-3/h4-9,14-15H,10-13,16-17H2,1-3H3/p+1. The van der Waals surface area contributed by atoms with Crippen molar-refractivity contribution in [2.45, 2.75) is 20.4 Å². The number of aryl methyl sites for hydroxylation is 1. The molecule has 1 saturated heterocycles. The van der Waals surface area contributed by atoms with Crippen molar-refractivity contribution < 1.29 is 14.4 Å². The van der Waals surface area contributed by atoms with E-state index in [4.69, 9.17) is 4.74 Å². The molecular formula is C24H30N3O2S+. The van der Waals surface area contributed by atoms with Gasteiger partial charge in [0.25, 0.3) is 0 Å². The number of piperazine rings is 1. The zero-order chi connectivity index (χ0) is 21.1. The molecule has 0 atom stereocenters. The summed E-state index contributed by atoms with van der Waals surface area (Å²) < 4.78 is 7.77. The predicted molar refractivity (Wildman–Crippen MR) is 122 cm³/mol. The third kappa shape index (κ3) is 4.30. The lowest BCUT2D eigenvalue weighted by Crippen LogP contribution is -3.15. The number of rotatable bonds is 7. The van der Waals surface area contributed by atoms with Crippen molar-refractivity contribution in [2.75, 3.05) is 44.7 Å². The average molecular weight is 425 g/mol. The summed E-state index contributed by atoms with van der Waals surface area (Å²) in [5.74, 6) is 1.16. The summed E-state index contributed by atoms with van der Waals surface area (Å²) >= 11 is 1.76. The topological polar surface area (TPSA) is 38.9 Å². The van der Waals surface area contributed by atoms with E-state index in [-0.39, 0.29) is 5.78 Å². The van der Waals surface area contributed by atoms with E-state index in [9.17, 15) is 4.79 Å². The Balaban J connectivity index is 1.38. The normalized spacial score (nSPS) is 14.8. The highest BCUT2D eigenvalue weighted by Gasteiger charge is 2.26. The van der Waals surface area contributed by atoms with E-state index >= 15 is 0 Å². The highest BCUT2D eigenvalue weighted by atomic mass is 32.1. The first kappa shape index (κ1) is 20.7. The molecule has 4 rings (SSSR count). The quantitative estimate of drug-likeness (QED) is 0.593. The fourth-order valence-corrected chi connectivity index (χ4v) is 5.03. The lowest BCUT2D eigenvalue weighted by Gasteiger charge is -2.34. The number of nitrogens with one attached hydrogen (secondary N) is 1. The molecule has 5 nitrogen and oxygen atoms in total. The van der Waals surface area contributed by atoms with Gasteiger partial charge in [-0.1, -0.05) is 18.2 Å². The Bertz CT molecular complexity index is 1000. The number of anilines is 1. The van der Waals surface area contributed by atoms with Gasteiger partial charge in [0.1, 0.15) is 12.3 Å². The lowest BCUT2D eigenvalue weighted by molar-refractivity contribution is -0.892. The van der Waals surface area contributed by atoms with Gasteiger partial charge >= 0.3 is 0 Å². The van der Waals surface area contributed by atoms with Crippen LogP contribution in [0.25, 0.3) is 0 Å². The maximum Gasteiger partial charge on any atom is 0.218 e. The van der Waals surface area contributed by atoms with E-state index in [1.54, 1.807) is 18.4 Å². The maximum absolute atomic E-state index is 13.1. The molecule has 158 valence electrons. The molecule has 0 amide bonds. The number of quaternary nitrogens is 1. The second-order valence-corrected chi connectivity index (χ2v) is 8.99. The number of methoxy groups -OCH3 is 1. The average Bonchev–Trinajstić information content (AvgIpc) is 3.38. The molecule has 1 fully saturated rings. The van der Waals surface area contributed by atoms with Crippen LogP contribution in [-0.4, -0.2) is 50.2 Å². The number of benzene rings is 1. The van der Waals surface area contributed by atoms with Crippen LogP contribution in [0, 0.1) is 13.8 Å². The third-order valence-electron chi connectivity index (χ3n) is 6.08. The van der Waals surface area contributed by atoms with Crippen molar-refractivity contribution in [1.82, 2.24) is 4.57 Å². The molecule has 1 aromatic carbocycles. The number of nitrogens with zero attached hydrogens (tertiary/aromatic N) is 2. The first-order chi connectivity index (χ1) is 14.6. The number of ether oxygens (including phenoxy) is 1. The van der Waals surface area contributed by atoms with Crippen molar-refractivity contribution in [3.8, 4) is 5.75 Å². The molecule has 6 heteroatoms. The summed E-state index contributed by atoms with van der Waals surface area (Å²) in [6.45, 7) is 9.34. The number of carbonyl (C=O) groups is 1. The predicted octanol–water partition coefficient (Wildman–Crippen LogP) is 2.81. The number of hydrogen-bond donors (Lipinski definition) is 1. The number of thiophene rings is 1. The van der Waals surface area contributed by atoms with Crippen LogP contribution in [0.15, 0.2) is 47.8 Å². The van der Waals surface area contributed by atoms with Crippen LogP contribution in [0.3, 0.4) is 0 Å². The Hall–Kier alpha value is -2.57. The van der Waals surface area contributed by atoms with E-state index < -0.39 is 0 Å². The van der Waals surface area contributed by atoms with Crippen LogP contribution >= 0.6 is 11.3 Å². The summed E-state index contributed by atoms with van der Waals surface area (Å²) in [7, 11) is 1.72. The Morgan fingerprint density at radius 3 is 2.60 bits per heavy atom. The van der Waals surface area contributed by atoms with Crippen LogP contribution in [0.5, 0.6) is 5.75 Å². The number of carbonyl (C=O) groups excluding carboxylic acids is 1. The number of ketones is 1. The molecule has 0 saturated carbocycles. The molecule has 0 bridgehead atoms. The Morgan fingerprint density at radius 2 is 1.90 bits per heavy atom. The van der Waals surface area contributed by atoms with Crippen LogP contribution in [0.1, 0.15) is 26.6 Å². The molecule has 0 spiro atoms. The molecule has 2 aromatic heterocycles. The van der Waals surface area contributed by atoms with Crippen LogP contribution < -0.4 is 14.5 Å². The van der Waals surface area contributed by atoms with Gasteiger partial charge in [0.15, 0.2) is 0 Å². The van der Waals surface area contributed by atoms with Gasteiger partial charge in [0, 0.05) is 21.8 Å². The molecule has 1 aliphatic rings. The van der Waals surface area contributed by atoms with Crippen LogP contribution in [0.2, 0.25) is 0 Å². The number of hydrogen-bond acceptors (Lipinski definition) is 4. The summed E-state index contributed by atoms with van der Waals surface area (Å²) in [5, 5.41) is 2.10. The van der Waals surface area contributed by atoms with Crippen molar-refractivity contribution in [3.63, 3.8) is 0 Å². The molecule has 30 heavy (non-hydrogen) atoms. The van der Waals surface area contributed by atoms with Gasteiger partial charge in [-0.3, -0.25) is 4.79 Å². The molecule has 0 radical (unpaired) electrons. The van der Waals surface area contributed by atoms with Gasteiger partial charge in [0.05, 0.1) is 45.5 Å². The first-order valence-corrected chi connectivity index (χ1v) is 11.4. The number of aromatic nitrogens is 1. The molecule has 1 N–H and O–H groups in total. The molecular weight excluding hydrogens is 394 g/mol. The van der Waals surface area contributed by atoms with Gasteiger partial charge in [-0.05, 0) is 43.5 Å². The minimum Gasteiger partial charge on any atom is -0.495 e. The minimum atomic E-state index is 0.251. The van der Waals surface area contributed by atoms with Crippen molar-refractivity contribution in [1.29, 1.82) is 0 Å². The van der Waals surface area contributed by atoms with Crippen molar-refractivity contribution >= 4 is 22.8 Å². The highest BCUT2D eigenvalue weighted by molar-refractivity contribution is 7.09. The molecule has 3 heterocycles. The van der Waals surface area contributed by atoms with Crippen LogP contribution in [-0.2, 0) is 6.54 Å². The molecule has 3 aromatic rings. The zero-order valence-electron chi connectivity index (χ0n) is 18.0. The molecule has 0 unspecified atom stereocenters. The summed E-state index contributed by atoms with van der Waals surface area (Å²) in [6, 6.07) is 14.5. The molecule has 1 aliphatic heterocycles. The van der Waals surface area contributed by atoms with E-state index in [0.717, 1.165) is 61.1 Å². The number of Topliss-reactive ketones (excluding diaryl/α,β-unsaturated/α-hetero) is 1. The fourth-order valence-electron chi connectivity index (χ4n) is 4.34. The van der Waals surface area contributed by atoms with Gasteiger partial charge in [0.2, 0.25) is 5.78 Å². The second kappa shape index (κ2) is 9.06. The maximum atomic E-state index is 13.1. The van der Waals surface area contributed by atoms with E-state index in [2.05, 4.69) is 53.0 Å². The first-order valence-electron chi connectivity index (χ1n) is 10.5. The van der Waals surface area contributed by atoms with Gasteiger partial charge in [-0.2, -0.15) is 0 Å². The smallest absolute Gasteiger partial charge is 0.218 e. The lowest BCUT2D eigenvalue weighted by atomic mass is 10.1. The SMILES string of the molecule is COc1ccccc1N1CC[NH+](CC(=O)c2cc(C)n(Cc3cccs3)c2C)CC1. The van der Waals surface area contributed by atoms with Crippen molar-refractivity contribution in [3.05, 3.63) is 69.7 Å². The Kier molecular flexibility index (Phi) is 6.25. The second-order valence-electron chi connectivity index (χ2n) is 7.96. The molecule has 0 aliphatic carbocycles. The van der Waals surface area contributed by atoms with Gasteiger partial charge < -0.3 is 19.1 Å². The summed E-state index contributed by atoms with van der Waals surface area (Å²) in [6.07, 6.45) is 0. The third-order valence-corrected chi connectivity index (χ3v) is 6.94. The summed E-state index contributed by atoms with van der Waals surface area (Å²) in [5.41, 5.74) is 4.25. The van der Waals surface area contributed by atoms with E-state index in [0.29, 0.717) is 6.54 Å². The minimum absolute atomic E-state index is 0.251. The number of para-hydroxylation sites is 2. The monoisotopic (exact) mass is 424 g/mol. The van der Waals surface area contributed by atoms with Crippen LogP contribution in [0.4, 0.5) is 5.69 Å². The highest BCUT2D eigenvalue weighted by Crippen LogP contribution is 2.27. The fraction of sp³-hybridized carbons (Fsp3) is 0.375. The van der Waals surface area contributed by atoms with E-state index in [1.165, 1.54) is 9.78 Å². The largest absolute Gasteiger partial charge is 0.495 e.